The van der Waals surface area contributed by atoms with Gasteiger partial charge >= 0.3 is 0 Å². The summed E-state index contributed by atoms with van der Waals surface area (Å²) >= 11 is 1.81. The van der Waals surface area contributed by atoms with Gasteiger partial charge in [0.05, 0.1) is 6.54 Å². The van der Waals surface area contributed by atoms with Gasteiger partial charge in [-0.1, -0.05) is 54.6 Å². The van der Waals surface area contributed by atoms with Crippen LogP contribution in [0.4, 0.5) is 5.69 Å². The van der Waals surface area contributed by atoms with Gasteiger partial charge in [-0.2, -0.15) is 0 Å². The second kappa shape index (κ2) is 9.15. The molecule has 1 aromatic heterocycles. The minimum atomic E-state index is 0.0510. The number of amides is 1. The van der Waals surface area contributed by atoms with E-state index < -0.39 is 0 Å². The van der Waals surface area contributed by atoms with E-state index in [4.69, 9.17) is 0 Å². The van der Waals surface area contributed by atoms with Crippen LogP contribution in [-0.2, 0) is 11.3 Å². The fourth-order valence-corrected chi connectivity index (χ4v) is 4.33. The molecule has 28 heavy (non-hydrogen) atoms. The molecule has 3 aromatic rings. The molecular weight excluding hydrogens is 366 g/mol. The summed E-state index contributed by atoms with van der Waals surface area (Å²) in [5.74, 6) is 0.0510. The Labute approximate surface area is 170 Å². The Hall–Kier alpha value is -2.47. The maximum absolute atomic E-state index is 12.6. The number of rotatable bonds is 6. The Bertz CT molecular complexity index is 887. The second-order valence-electron chi connectivity index (χ2n) is 7.09. The average Bonchev–Trinajstić information content (AvgIpc) is 3.24. The highest BCUT2D eigenvalue weighted by molar-refractivity contribution is 7.09. The van der Waals surface area contributed by atoms with Crippen molar-refractivity contribution in [2.24, 2.45) is 0 Å². The van der Waals surface area contributed by atoms with Crippen LogP contribution in [0.25, 0.3) is 11.1 Å². The summed E-state index contributed by atoms with van der Waals surface area (Å²) in [6, 6.07) is 22.5. The number of para-hydroxylation sites is 1. The summed E-state index contributed by atoms with van der Waals surface area (Å²) in [5.41, 5.74) is 3.04. The third-order valence-electron chi connectivity index (χ3n) is 5.08. The molecule has 1 aliphatic heterocycles. The molecule has 4 rings (SSSR count). The summed E-state index contributed by atoms with van der Waals surface area (Å²) in [6.07, 6.45) is 0. The van der Waals surface area contributed by atoms with Gasteiger partial charge in [-0.05, 0) is 23.1 Å². The number of carbonyl (C=O) groups is 1. The van der Waals surface area contributed by atoms with E-state index in [-0.39, 0.29) is 5.91 Å². The van der Waals surface area contributed by atoms with Crippen LogP contribution in [0.1, 0.15) is 4.88 Å². The van der Waals surface area contributed by atoms with Crippen LogP contribution in [0, 0.1) is 0 Å². The number of nitrogens with one attached hydrogen (secondary N) is 1. The van der Waals surface area contributed by atoms with Crippen LogP contribution in [0.15, 0.2) is 72.1 Å². The van der Waals surface area contributed by atoms with Crippen LogP contribution in [0.3, 0.4) is 0 Å². The first-order valence-electron chi connectivity index (χ1n) is 9.69. The molecule has 5 heteroatoms. The molecule has 0 radical (unpaired) electrons. The van der Waals surface area contributed by atoms with Gasteiger partial charge in [-0.25, -0.2) is 0 Å². The van der Waals surface area contributed by atoms with Crippen molar-refractivity contribution >= 4 is 22.9 Å². The molecule has 4 nitrogen and oxygen atoms in total. The van der Waals surface area contributed by atoms with E-state index in [0.29, 0.717) is 6.54 Å². The van der Waals surface area contributed by atoms with Gasteiger partial charge in [0, 0.05) is 48.9 Å². The summed E-state index contributed by atoms with van der Waals surface area (Å²) in [4.78, 5) is 18.7. The van der Waals surface area contributed by atoms with Crippen molar-refractivity contribution in [3.8, 4) is 11.1 Å². The number of piperazine rings is 1. The average molecular weight is 392 g/mol. The van der Waals surface area contributed by atoms with Gasteiger partial charge in [-0.15, -0.1) is 11.3 Å². The Kier molecular flexibility index (Phi) is 6.17. The first-order chi connectivity index (χ1) is 13.8. The van der Waals surface area contributed by atoms with Crippen molar-refractivity contribution < 1.29 is 4.79 Å². The van der Waals surface area contributed by atoms with Crippen LogP contribution in [0.5, 0.6) is 0 Å². The highest BCUT2D eigenvalue weighted by Gasteiger charge is 2.19. The smallest absolute Gasteiger partial charge is 0.238 e. The van der Waals surface area contributed by atoms with Crippen molar-refractivity contribution in [3.05, 3.63) is 77.0 Å². The van der Waals surface area contributed by atoms with E-state index in [1.807, 2.05) is 53.8 Å². The fourth-order valence-electron chi connectivity index (χ4n) is 3.58. The molecule has 1 amide bonds. The molecule has 2 heterocycles. The summed E-state index contributed by atoms with van der Waals surface area (Å²) in [6.45, 7) is 5.33. The quantitative estimate of drug-likeness (QED) is 0.685. The molecule has 0 atom stereocenters. The monoisotopic (exact) mass is 391 g/mol. The predicted molar refractivity (Wildman–Crippen MR) is 117 cm³/mol. The molecule has 0 spiro atoms. The lowest BCUT2D eigenvalue weighted by Gasteiger charge is -2.34. The van der Waals surface area contributed by atoms with Crippen molar-refractivity contribution in [2.75, 3.05) is 38.0 Å². The first kappa shape index (κ1) is 18.9. The van der Waals surface area contributed by atoms with Gasteiger partial charge in [0.2, 0.25) is 5.91 Å². The second-order valence-corrected chi connectivity index (χ2v) is 8.12. The number of carbonyl (C=O) groups excluding carboxylic acids is 1. The maximum atomic E-state index is 12.6. The molecule has 0 bridgehead atoms. The van der Waals surface area contributed by atoms with Crippen LogP contribution in [0.2, 0.25) is 0 Å². The summed E-state index contributed by atoms with van der Waals surface area (Å²) < 4.78 is 0. The van der Waals surface area contributed by atoms with E-state index in [1.54, 1.807) is 0 Å². The molecular formula is C23H25N3OS. The SMILES string of the molecule is O=C(CN1CCN(Cc2cccs2)CC1)Nc1ccccc1-c1ccccc1. The highest BCUT2D eigenvalue weighted by Crippen LogP contribution is 2.27. The van der Waals surface area contributed by atoms with E-state index in [1.165, 1.54) is 4.88 Å². The molecule has 0 aliphatic carbocycles. The summed E-state index contributed by atoms with van der Waals surface area (Å²) in [7, 11) is 0. The lowest BCUT2D eigenvalue weighted by atomic mass is 10.0. The molecule has 2 aromatic carbocycles. The fraction of sp³-hybridized carbons (Fsp3) is 0.261. The lowest BCUT2D eigenvalue weighted by molar-refractivity contribution is -0.117. The predicted octanol–water partition coefficient (Wildman–Crippen LogP) is 4.17. The lowest BCUT2D eigenvalue weighted by Crippen LogP contribution is -2.48. The number of anilines is 1. The van der Waals surface area contributed by atoms with E-state index in [2.05, 4.69) is 44.8 Å². The standard InChI is InChI=1S/C23H25N3OS/c27-23(18-26-14-12-25(13-15-26)17-20-9-6-16-28-20)24-22-11-5-4-10-21(22)19-7-2-1-3-8-19/h1-11,16H,12-15,17-18H2,(H,24,27). The largest absolute Gasteiger partial charge is 0.324 e. The number of hydrogen-bond acceptors (Lipinski definition) is 4. The maximum Gasteiger partial charge on any atom is 0.238 e. The normalized spacial score (nSPS) is 15.4. The highest BCUT2D eigenvalue weighted by atomic mass is 32.1. The van der Waals surface area contributed by atoms with Crippen molar-refractivity contribution in [1.82, 2.24) is 9.80 Å². The molecule has 1 N–H and O–H groups in total. The number of benzene rings is 2. The molecule has 1 aliphatic rings. The number of hydrogen-bond donors (Lipinski definition) is 1. The third-order valence-corrected chi connectivity index (χ3v) is 5.94. The van der Waals surface area contributed by atoms with E-state index in [9.17, 15) is 4.79 Å². The Morgan fingerprint density at radius 2 is 1.57 bits per heavy atom. The zero-order valence-corrected chi connectivity index (χ0v) is 16.7. The van der Waals surface area contributed by atoms with Crippen LogP contribution in [-0.4, -0.2) is 48.4 Å². The van der Waals surface area contributed by atoms with Crippen LogP contribution >= 0.6 is 11.3 Å². The molecule has 0 saturated carbocycles. The third kappa shape index (κ3) is 4.87. The Morgan fingerprint density at radius 3 is 2.32 bits per heavy atom. The van der Waals surface area contributed by atoms with Crippen LogP contribution < -0.4 is 5.32 Å². The van der Waals surface area contributed by atoms with Crippen molar-refractivity contribution in [2.45, 2.75) is 6.54 Å². The number of nitrogens with zero attached hydrogens (tertiary/aromatic N) is 2. The summed E-state index contributed by atoms with van der Waals surface area (Å²) in [5, 5.41) is 5.24. The Morgan fingerprint density at radius 1 is 0.857 bits per heavy atom. The van der Waals surface area contributed by atoms with E-state index >= 15 is 0 Å². The van der Waals surface area contributed by atoms with Gasteiger partial charge in [0.1, 0.15) is 0 Å². The van der Waals surface area contributed by atoms with E-state index in [0.717, 1.165) is 49.5 Å². The van der Waals surface area contributed by atoms with Gasteiger partial charge in [0.25, 0.3) is 0 Å². The zero-order chi connectivity index (χ0) is 19.2. The van der Waals surface area contributed by atoms with Crippen molar-refractivity contribution in [1.29, 1.82) is 0 Å². The Balaban J connectivity index is 1.31. The van der Waals surface area contributed by atoms with Gasteiger partial charge < -0.3 is 5.32 Å². The number of thiophene rings is 1. The first-order valence-corrected chi connectivity index (χ1v) is 10.6. The van der Waals surface area contributed by atoms with Crippen molar-refractivity contribution in [3.63, 3.8) is 0 Å². The molecule has 144 valence electrons. The zero-order valence-electron chi connectivity index (χ0n) is 15.9. The molecule has 0 unspecified atom stereocenters. The molecule has 1 fully saturated rings. The van der Waals surface area contributed by atoms with Gasteiger partial charge in [-0.3, -0.25) is 14.6 Å². The minimum absolute atomic E-state index is 0.0510. The van der Waals surface area contributed by atoms with Gasteiger partial charge in [0.15, 0.2) is 0 Å². The minimum Gasteiger partial charge on any atom is -0.324 e. The molecule has 1 saturated heterocycles. The topological polar surface area (TPSA) is 35.6 Å².